The van der Waals surface area contributed by atoms with Crippen LogP contribution in [0.25, 0.3) is 0 Å². The van der Waals surface area contributed by atoms with Crippen LogP contribution >= 0.6 is 11.8 Å². The number of hydrogen-bond donors (Lipinski definition) is 1. The minimum atomic E-state index is -0.566. The average Bonchev–Trinajstić information content (AvgIpc) is 2.34. The van der Waals surface area contributed by atoms with E-state index in [-0.39, 0.29) is 0 Å². The molecule has 0 amide bonds. The monoisotopic (exact) mass is 251 g/mol. The summed E-state index contributed by atoms with van der Waals surface area (Å²) in [5, 5.41) is 11.0. The number of nitrogens with zero attached hydrogens (tertiary/aromatic N) is 1. The van der Waals surface area contributed by atoms with Gasteiger partial charge >= 0.3 is 0 Å². The van der Waals surface area contributed by atoms with E-state index in [0.717, 1.165) is 25.0 Å². The molecule has 1 aliphatic rings. The van der Waals surface area contributed by atoms with E-state index < -0.39 is 5.60 Å². The van der Waals surface area contributed by atoms with Gasteiger partial charge in [0.05, 0.1) is 5.60 Å². The van der Waals surface area contributed by atoms with Crippen LogP contribution in [0.15, 0.2) is 18.3 Å². The molecule has 1 aromatic heterocycles. The Kier molecular flexibility index (Phi) is 4.10. The zero-order valence-corrected chi connectivity index (χ0v) is 11.5. The fraction of sp³-hybridized carbons (Fsp3) is 0.643. The van der Waals surface area contributed by atoms with Gasteiger partial charge < -0.3 is 5.11 Å². The second-order valence-electron chi connectivity index (χ2n) is 4.91. The summed E-state index contributed by atoms with van der Waals surface area (Å²) in [6, 6.07) is 4.18. The molecule has 1 N–H and O–H groups in total. The van der Waals surface area contributed by atoms with Crippen LogP contribution < -0.4 is 0 Å². The van der Waals surface area contributed by atoms with Crippen molar-refractivity contribution in [1.82, 2.24) is 4.98 Å². The number of aryl methyl sites for hydroxylation is 1. The second-order valence-corrected chi connectivity index (χ2v) is 6.36. The molecule has 1 saturated heterocycles. The van der Waals surface area contributed by atoms with Crippen molar-refractivity contribution in [3.8, 4) is 0 Å². The van der Waals surface area contributed by atoms with E-state index >= 15 is 0 Å². The molecule has 0 aliphatic carbocycles. The lowest BCUT2D eigenvalue weighted by molar-refractivity contribution is 0.0288. The topological polar surface area (TPSA) is 33.1 Å². The molecule has 2 heterocycles. The van der Waals surface area contributed by atoms with Crippen LogP contribution in [-0.2, 0) is 12.8 Å². The maximum atomic E-state index is 10.7. The molecule has 0 saturated carbocycles. The van der Waals surface area contributed by atoms with Crippen LogP contribution in [0.5, 0.6) is 0 Å². The van der Waals surface area contributed by atoms with Crippen molar-refractivity contribution in [2.45, 2.75) is 50.4 Å². The molecule has 17 heavy (non-hydrogen) atoms. The highest BCUT2D eigenvalue weighted by Crippen LogP contribution is 2.35. The first-order chi connectivity index (χ1) is 8.14. The molecule has 0 radical (unpaired) electrons. The van der Waals surface area contributed by atoms with Crippen molar-refractivity contribution in [2.75, 3.05) is 5.75 Å². The van der Waals surface area contributed by atoms with Gasteiger partial charge in [0.1, 0.15) is 0 Å². The minimum Gasteiger partial charge on any atom is -0.388 e. The van der Waals surface area contributed by atoms with Gasteiger partial charge in [-0.2, -0.15) is 11.8 Å². The van der Waals surface area contributed by atoms with Gasteiger partial charge in [0.2, 0.25) is 0 Å². The van der Waals surface area contributed by atoms with Crippen molar-refractivity contribution in [3.05, 3.63) is 29.6 Å². The Morgan fingerprint density at radius 1 is 1.53 bits per heavy atom. The summed E-state index contributed by atoms with van der Waals surface area (Å²) in [5.74, 6) is 1.17. The number of thioether (sulfide) groups is 1. The smallest absolute Gasteiger partial charge is 0.0818 e. The van der Waals surface area contributed by atoms with Crippen LogP contribution in [0.1, 0.15) is 37.9 Å². The summed E-state index contributed by atoms with van der Waals surface area (Å²) in [6.07, 6.45) is 5.64. The van der Waals surface area contributed by atoms with Gasteiger partial charge in [-0.1, -0.05) is 19.9 Å². The SMILES string of the molecule is CCc1ccc(CC2(O)CCCSC2C)nc1. The van der Waals surface area contributed by atoms with Gasteiger partial charge in [-0.05, 0) is 36.6 Å². The molecule has 1 aromatic rings. The van der Waals surface area contributed by atoms with E-state index in [9.17, 15) is 5.11 Å². The highest BCUT2D eigenvalue weighted by Gasteiger charge is 2.36. The van der Waals surface area contributed by atoms with Crippen molar-refractivity contribution < 1.29 is 5.11 Å². The molecule has 2 unspecified atom stereocenters. The molecular formula is C14H21NOS. The van der Waals surface area contributed by atoms with Crippen LogP contribution in [0, 0.1) is 0 Å². The standard InChI is InChI=1S/C14H21NOS/c1-3-12-5-6-13(15-10-12)9-14(16)7-4-8-17-11(14)2/h5-6,10-11,16H,3-4,7-9H2,1-2H3. The Balaban J connectivity index is 2.07. The fourth-order valence-corrected chi connectivity index (χ4v) is 3.49. The van der Waals surface area contributed by atoms with Crippen molar-refractivity contribution in [1.29, 1.82) is 0 Å². The summed E-state index contributed by atoms with van der Waals surface area (Å²) in [7, 11) is 0. The van der Waals surface area contributed by atoms with E-state index in [4.69, 9.17) is 0 Å². The largest absolute Gasteiger partial charge is 0.388 e. The van der Waals surface area contributed by atoms with E-state index in [1.54, 1.807) is 0 Å². The number of pyridine rings is 1. The lowest BCUT2D eigenvalue weighted by Gasteiger charge is -2.37. The summed E-state index contributed by atoms with van der Waals surface area (Å²) >= 11 is 1.87. The maximum absolute atomic E-state index is 10.7. The van der Waals surface area contributed by atoms with Crippen LogP contribution in [0.4, 0.5) is 0 Å². The number of rotatable bonds is 3. The molecule has 2 rings (SSSR count). The van der Waals surface area contributed by atoms with Crippen molar-refractivity contribution in [3.63, 3.8) is 0 Å². The van der Waals surface area contributed by atoms with Crippen LogP contribution in [0.2, 0.25) is 0 Å². The molecule has 3 heteroatoms. The first kappa shape index (κ1) is 12.9. The van der Waals surface area contributed by atoms with Crippen LogP contribution in [-0.4, -0.2) is 26.7 Å². The molecule has 94 valence electrons. The quantitative estimate of drug-likeness (QED) is 0.896. The predicted molar refractivity (Wildman–Crippen MR) is 73.4 cm³/mol. The maximum Gasteiger partial charge on any atom is 0.0818 e. The van der Waals surface area contributed by atoms with Crippen molar-refractivity contribution >= 4 is 11.8 Å². The summed E-state index contributed by atoms with van der Waals surface area (Å²) in [5.41, 5.74) is 1.70. The van der Waals surface area contributed by atoms with Gasteiger partial charge in [0.15, 0.2) is 0 Å². The number of hydrogen-bond acceptors (Lipinski definition) is 3. The van der Waals surface area contributed by atoms with Gasteiger partial charge in [0.25, 0.3) is 0 Å². The Morgan fingerprint density at radius 2 is 2.35 bits per heavy atom. The third-order valence-corrected chi connectivity index (χ3v) is 5.12. The molecule has 0 bridgehead atoms. The average molecular weight is 251 g/mol. The highest BCUT2D eigenvalue weighted by molar-refractivity contribution is 8.00. The molecule has 0 aromatic carbocycles. The lowest BCUT2D eigenvalue weighted by Crippen LogP contribution is -2.43. The highest BCUT2D eigenvalue weighted by atomic mass is 32.2. The lowest BCUT2D eigenvalue weighted by atomic mass is 9.88. The van der Waals surface area contributed by atoms with Crippen molar-refractivity contribution in [2.24, 2.45) is 0 Å². The van der Waals surface area contributed by atoms with Crippen LogP contribution in [0.3, 0.4) is 0 Å². The zero-order valence-electron chi connectivity index (χ0n) is 10.6. The Labute approximate surface area is 108 Å². The summed E-state index contributed by atoms with van der Waals surface area (Å²) < 4.78 is 0. The number of aromatic nitrogens is 1. The fourth-order valence-electron chi connectivity index (χ4n) is 2.31. The van der Waals surface area contributed by atoms with Gasteiger partial charge in [0, 0.05) is 23.6 Å². The number of aliphatic hydroxyl groups is 1. The Morgan fingerprint density at radius 3 is 2.94 bits per heavy atom. The molecule has 1 fully saturated rings. The summed E-state index contributed by atoms with van der Waals surface area (Å²) in [6.45, 7) is 4.26. The van der Waals surface area contributed by atoms with E-state index in [0.29, 0.717) is 11.7 Å². The first-order valence-electron chi connectivity index (χ1n) is 6.42. The first-order valence-corrected chi connectivity index (χ1v) is 7.47. The molecule has 2 atom stereocenters. The molecule has 1 aliphatic heterocycles. The van der Waals surface area contributed by atoms with E-state index in [1.165, 1.54) is 11.3 Å². The zero-order chi connectivity index (χ0) is 12.3. The van der Waals surface area contributed by atoms with E-state index in [2.05, 4.69) is 31.0 Å². The minimum absolute atomic E-state index is 0.309. The second kappa shape index (κ2) is 5.40. The third kappa shape index (κ3) is 3.02. The van der Waals surface area contributed by atoms with Gasteiger partial charge in [-0.25, -0.2) is 0 Å². The Bertz CT molecular complexity index is 365. The third-order valence-electron chi connectivity index (χ3n) is 3.66. The van der Waals surface area contributed by atoms with Gasteiger partial charge in [-0.3, -0.25) is 4.98 Å². The van der Waals surface area contributed by atoms with Gasteiger partial charge in [-0.15, -0.1) is 0 Å². The molecular weight excluding hydrogens is 230 g/mol. The Hall–Kier alpha value is -0.540. The predicted octanol–water partition coefficient (Wildman–Crippen LogP) is 2.83. The van der Waals surface area contributed by atoms with E-state index in [1.807, 2.05) is 18.0 Å². The normalized spacial score (nSPS) is 29.2. The molecule has 2 nitrogen and oxygen atoms in total. The summed E-state index contributed by atoms with van der Waals surface area (Å²) in [4.78, 5) is 4.45. The molecule has 0 spiro atoms.